The van der Waals surface area contributed by atoms with Gasteiger partial charge in [-0.05, 0) is 48.6 Å². The first-order chi connectivity index (χ1) is 16.5. The number of pyridine rings is 1. The van der Waals surface area contributed by atoms with Crippen LogP contribution in [0.4, 0.5) is 4.39 Å². The molecule has 5 rings (SSSR count). The number of aromatic nitrogens is 1. The Kier molecular flexibility index (Phi) is 6.92. The fourth-order valence-corrected chi connectivity index (χ4v) is 6.73. The lowest BCUT2D eigenvalue weighted by Crippen LogP contribution is -2.48. The number of sulfonamides is 1. The second kappa shape index (κ2) is 10.1. The summed E-state index contributed by atoms with van der Waals surface area (Å²) in [6.07, 6.45) is 3.41. The number of para-hydroxylation sites is 1. The maximum Gasteiger partial charge on any atom is 0.245 e. The van der Waals surface area contributed by atoms with E-state index in [1.807, 2.05) is 30.3 Å². The molecular weight excluding hydrogens is 451 g/mol. The largest absolute Gasteiger partial charge is 0.301 e. The highest BCUT2D eigenvalue weighted by Gasteiger charge is 2.32. The van der Waals surface area contributed by atoms with E-state index in [2.05, 4.69) is 14.8 Å². The Morgan fingerprint density at radius 3 is 2.26 bits per heavy atom. The zero-order valence-corrected chi connectivity index (χ0v) is 20.1. The number of piperazine rings is 1. The van der Waals surface area contributed by atoms with Crippen molar-refractivity contribution >= 4 is 20.9 Å². The standard InChI is InChI=1S/C26H31FN4O2S/c27-24-8-6-21(7-9-24)19-29-15-17-30(18-16-29)20-22-10-13-31(14-11-22)34(32,33)25-5-1-3-23-4-2-12-28-26(23)25/h1-9,12,22H,10-11,13-20H2. The summed E-state index contributed by atoms with van der Waals surface area (Å²) in [5, 5.41) is 0.844. The van der Waals surface area contributed by atoms with Crippen LogP contribution >= 0.6 is 0 Å². The third-order valence-electron chi connectivity index (χ3n) is 7.09. The molecule has 34 heavy (non-hydrogen) atoms. The molecule has 180 valence electrons. The topological polar surface area (TPSA) is 56.8 Å². The zero-order valence-electron chi connectivity index (χ0n) is 19.3. The van der Waals surface area contributed by atoms with Gasteiger partial charge in [0.15, 0.2) is 0 Å². The van der Waals surface area contributed by atoms with E-state index >= 15 is 0 Å². The molecule has 2 saturated heterocycles. The van der Waals surface area contributed by atoms with Crippen LogP contribution in [0.15, 0.2) is 65.7 Å². The summed E-state index contributed by atoms with van der Waals surface area (Å²) in [6, 6.07) is 15.8. The van der Waals surface area contributed by atoms with Crippen LogP contribution in [0.1, 0.15) is 18.4 Å². The van der Waals surface area contributed by atoms with Gasteiger partial charge in [0, 0.05) is 63.9 Å². The van der Waals surface area contributed by atoms with E-state index in [0.717, 1.165) is 63.1 Å². The number of hydrogen-bond acceptors (Lipinski definition) is 5. The summed E-state index contributed by atoms with van der Waals surface area (Å²) < 4.78 is 41.5. The molecular formula is C26H31FN4O2S. The molecule has 0 radical (unpaired) electrons. The molecule has 3 heterocycles. The normalized spacial score (nSPS) is 19.6. The molecule has 2 fully saturated rings. The molecule has 0 amide bonds. The van der Waals surface area contributed by atoms with Crippen LogP contribution in [-0.4, -0.2) is 73.3 Å². The highest BCUT2D eigenvalue weighted by atomic mass is 32.2. The number of piperidine rings is 1. The van der Waals surface area contributed by atoms with Crippen LogP contribution in [-0.2, 0) is 16.6 Å². The predicted octanol–water partition coefficient (Wildman–Crippen LogP) is 3.59. The summed E-state index contributed by atoms with van der Waals surface area (Å²) in [6.45, 7) is 7.02. The molecule has 2 aliphatic rings. The van der Waals surface area contributed by atoms with Gasteiger partial charge in [0.05, 0.1) is 5.52 Å². The van der Waals surface area contributed by atoms with Crippen LogP contribution in [0.2, 0.25) is 0 Å². The Morgan fingerprint density at radius 1 is 0.853 bits per heavy atom. The first kappa shape index (κ1) is 23.4. The maximum atomic E-state index is 13.4. The zero-order chi connectivity index (χ0) is 23.5. The predicted molar refractivity (Wildman–Crippen MR) is 131 cm³/mol. The molecule has 0 spiro atoms. The van der Waals surface area contributed by atoms with E-state index in [4.69, 9.17) is 0 Å². The summed E-state index contributed by atoms with van der Waals surface area (Å²) >= 11 is 0. The van der Waals surface area contributed by atoms with Crippen molar-refractivity contribution in [2.75, 3.05) is 45.8 Å². The molecule has 2 aliphatic heterocycles. The van der Waals surface area contributed by atoms with Gasteiger partial charge in [-0.1, -0.05) is 30.3 Å². The molecule has 0 bridgehead atoms. The third-order valence-corrected chi connectivity index (χ3v) is 9.02. The van der Waals surface area contributed by atoms with Crippen molar-refractivity contribution in [2.24, 2.45) is 5.92 Å². The Morgan fingerprint density at radius 2 is 1.53 bits per heavy atom. The lowest BCUT2D eigenvalue weighted by atomic mass is 9.97. The molecule has 8 heteroatoms. The van der Waals surface area contributed by atoms with Crippen molar-refractivity contribution in [3.8, 4) is 0 Å². The number of rotatable bonds is 6. The fourth-order valence-electron chi connectivity index (χ4n) is 5.10. The second-order valence-corrected chi connectivity index (χ2v) is 11.3. The van der Waals surface area contributed by atoms with E-state index in [1.165, 1.54) is 12.1 Å². The third kappa shape index (κ3) is 5.15. The van der Waals surface area contributed by atoms with Crippen molar-refractivity contribution in [2.45, 2.75) is 24.3 Å². The van der Waals surface area contributed by atoms with E-state index in [9.17, 15) is 12.8 Å². The number of fused-ring (bicyclic) bond motifs is 1. The first-order valence-electron chi connectivity index (χ1n) is 12.0. The van der Waals surface area contributed by atoms with Gasteiger partial charge in [-0.15, -0.1) is 0 Å². The Hall–Kier alpha value is -2.39. The van der Waals surface area contributed by atoms with Gasteiger partial charge in [-0.25, -0.2) is 12.8 Å². The van der Waals surface area contributed by atoms with E-state index < -0.39 is 10.0 Å². The average molecular weight is 483 g/mol. The summed E-state index contributed by atoms with van der Waals surface area (Å²) in [4.78, 5) is 9.56. The van der Waals surface area contributed by atoms with Gasteiger partial charge in [0.2, 0.25) is 10.0 Å². The second-order valence-electron chi connectivity index (χ2n) is 9.38. The Labute approximate surface area is 201 Å². The molecule has 1 aromatic heterocycles. The van der Waals surface area contributed by atoms with E-state index in [0.29, 0.717) is 29.4 Å². The Balaban J connectivity index is 1.12. The minimum Gasteiger partial charge on any atom is -0.301 e. The SMILES string of the molecule is O=S(=O)(c1cccc2cccnc12)N1CCC(CN2CCN(Cc3ccc(F)cc3)CC2)CC1. The van der Waals surface area contributed by atoms with Gasteiger partial charge in [-0.3, -0.25) is 9.88 Å². The molecule has 0 aliphatic carbocycles. The number of hydrogen-bond donors (Lipinski definition) is 0. The number of benzene rings is 2. The molecule has 6 nitrogen and oxygen atoms in total. The Bertz CT molecular complexity index is 1210. The number of halogens is 1. The van der Waals surface area contributed by atoms with Gasteiger partial charge >= 0.3 is 0 Å². The number of nitrogens with zero attached hydrogens (tertiary/aromatic N) is 4. The van der Waals surface area contributed by atoms with Crippen LogP contribution in [0.5, 0.6) is 0 Å². The minimum atomic E-state index is -3.56. The molecule has 0 unspecified atom stereocenters. The summed E-state index contributed by atoms with van der Waals surface area (Å²) in [5.41, 5.74) is 1.69. The summed E-state index contributed by atoms with van der Waals surface area (Å²) in [7, 11) is -3.56. The highest BCUT2D eigenvalue weighted by molar-refractivity contribution is 7.89. The first-order valence-corrected chi connectivity index (χ1v) is 13.5. The maximum absolute atomic E-state index is 13.4. The minimum absolute atomic E-state index is 0.193. The van der Waals surface area contributed by atoms with Crippen molar-refractivity contribution in [1.29, 1.82) is 0 Å². The molecule has 3 aromatic rings. The fraction of sp³-hybridized carbons (Fsp3) is 0.423. The van der Waals surface area contributed by atoms with Crippen LogP contribution in [0.25, 0.3) is 10.9 Å². The lowest BCUT2D eigenvalue weighted by Gasteiger charge is -2.38. The van der Waals surface area contributed by atoms with Gasteiger partial charge in [0.1, 0.15) is 10.7 Å². The highest BCUT2D eigenvalue weighted by Crippen LogP contribution is 2.28. The molecule has 2 aromatic carbocycles. The quantitative estimate of drug-likeness (QED) is 0.538. The molecule has 0 N–H and O–H groups in total. The molecule has 0 saturated carbocycles. The van der Waals surface area contributed by atoms with E-state index in [-0.39, 0.29) is 5.82 Å². The van der Waals surface area contributed by atoms with Crippen molar-refractivity contribution in [3.05, 3.63) is 72.2 Å². The van der Waals surface area contributed by atoms with Gasteiger partial charge < -0.3 is 4.90 Å². The smallest absolute Gasteiger partial charge is 0.245 e. The van der Waals surface area contributed by atoms with Gasteiger partial charge in [0.25, 0.3) is 0 Å². The van der Waals surface area contributed by atoms with E-state index in [1.54, 1.807) is 22.6 Å². The van der Waals surface area contributed by atoms with Crippen molar-refractivity contribution in [1.82, 2.24) is 19.1 Å². The van der Waals surface area contributed by atoms with Gasteiger partial charge in [-0.2, -0.15) is 4.31 Å². The lowest BCUT2D eigenvalue weighted by molar-refractivity contribution is 0.102. The monoisotopic (exact) mass is 482 g/mol. The van der Waals surface area contributed by atoms with Crippen LogP contribution in [0, 0.1) is 11.7 Å². The van der Waals surface area contributed by atoms with Crippen molar-refractivity contribution < 1.29 is 12.8 Å². The average Bonchev–Trinajstić information content (AvgIpc) is 2.86. The molecule has 0 atom stereocenters. The van der Waals surface area contributed by atoms with Crippen LogP contribution < -0.4 is 0 Å². The summed E-state index contributed by atoms with van der Waals surface area (Å²) in [5.74, 6) is 0.321. The van der Waals surface area contributed by atoms with Crippen molar-refractivity contribution in [3.63, 3.8) is 0 Å². The van der Waals surface area contributed by atoms with Crippen LogP contribution in [0.3, 0.4) is 0 Å².